The van der Waals surface area contributed by atoms with Crippen LogP contribution in [0.3, 0.4) is 0 Å². The van der Waals surface area contributed by atoms with Gasteiger partial charge in [0.25, 0.3) is 0 Å². The summed E-state index contributed by atoms with van der Waals surface area (Å²) < 4.78 is 3.36. The van der Waals surface area contributed by atoms with Crippen LogP contribution in [-0.2, 0) is 13.6 Å². The number of unbranched alkanes of at least 4 members (excludes halogenated alkanes) is 1. The van der Waals surface area contributed by atoms with Crippen molar-refractivity contribution in [2.24, 2.45) is 18.2 Å². The summed E-state index contributed by atoms with van der Waals surface area (Å²) in [4.78, 5) is 11.5. The van der Waals surface area contributed by atoms with Crippen LogP contribution < -0.4 is 11.4 Å². The number of aromatic nitrogens is 2. The van der Waals surface area contributed by atoms with E-state index in [-0.39, 0.29) is 11.1 Å². The second-order valence-corrected chi connectivity index (χ2v) is 5.21. The lowest BCUT2D eigenvalue weighted by atomic mass is 9.87. The van der Waals surface area contributed by atoms with Crippen molar-refractivity contribution in [1.29, 1.82) is 0 Å². The number of nitrogens with zero attached hydrogens (tertiary/aromatic N) is 2. The quantitative estimate of drug-likeness (QED) is 0.743. The van der Waals surface area contributed by atoms with Gasteiger partial charge < -0.3 is 10.3 Å². The third-order valence-corrected chi connectivity index (χ3v) is 3.07. The predicted octanol–water partition coefficient (Wildman–Crippen LogP) is 1.34. The van der Waals surface area contributed by atoms with Gasteiger partial charge in [0.15, 0.2) is 0 Å². The maximum atomic E-state index is 11.5. The smallest absolute Gasteiger partial charge is 0.327 e. The van der Waals surface area contributed by atoms with Crippen LogP contribution in [0.1, 0.15) is 33.1 Å². The zero-order valence-corrected chi connectivity index (χ0v) is 10.6. The number of hydrogen-bond acceptors (Lipinski definition) is 2. The minimum atomic E-state index is 0.0677. The maximum absolute atomic E-state index is 11.5. The molecule has 4 nitrogen and oxygen atoms in total. The number of nitrogens with two attached hydrogens (primary N) is 1. The van der Waals surface area contributed by atoms with E-state index in [1.165, 1.54) is 0 Å². The number of rotatable bonds is 6. The van der Waals surface area contributed by atoms with Crippen molar-refractivity contribution in [3.05, 3.63) is 22.9 Å². The summed E-state index contributed by atoms with van der Waals surface area (Å²) in [5, 5.41) is 0. The number of hydrogen-bond donors (Lipinski definition) is 1. The first kappa shape index (κ1) is 13.0. The van der Waals surface area contributed by atoms with E-state index in [0.717, 1.165) is 32.4 Å². The third kappa shape index (κ3) is 3.52. The van der Waals surface area contributed by atoms with Crippen molar-refractivity contribution in [1.82, 2.24) is 9.13 Å². The van der Waals surface area contributed by atoms with Crippen molar-refractivity contribution >= 4 is 0 Å². The Hall–Kier alpha value is -1.03. The molecule has 1 aromatic heterocycles. The fraction of sp³-hybridized carbons (Fsp3) is 0.750. The Morgan fingerprint density at radius 2 is 2.00 bits per heavy atom. The SMILES string of the molecule is Cn1ccn(CCCCC(C)(C)CN)c1=O. The Morgan fingerprint density at radius 3 is 2.50 bits per heavy atom. The van der Waals surface area contributed by atoms with Gasteiger partial charge >= 0.3 is 5.69 Å². The van der Waals surface area contributed by atoms with Gasteiger partial charge in [-0.15, -0.1) is 0 Å². The van der Waals surface area contributed by atoms with E-state index in [1.54, 1.807) is 22.4 Å². The first-order valence-electron chi connectivity index (χ1n) is 5.88. The van der Waals surface area contributed by atoms with E-state index in [2.05, 4.69) is 13.8 Å². The van der Waals surface area contributed by atoms with E-state index in [9.17, 15) is 4.79 Å². The highest BCUT2D eigenvalue weighted by Gasteiger charge is 2.14. The fourth-order valence-electron chi connectivity index (χ4n) is 1.67. The molecule has 0 bridgehead atoms. The molecule has 16 heavy (non-hydrogen) atoms. The summed E-state index contributed by atoms with van der Waals surface area (Å²) in [6.45, 7) is 5.89. The van der Waals surface area contributed by atoms with Crippen LogP contribution in [0.5, 0.6) is 0 Å². The summed E-state index contributed by atoms with van der Waals surface area (Å²) in [7, 11) is 1.77. The van der Waals surface area contributed by atoms with Crippen LogP contribution in [0.4, 0.5) is 0 Å². The number of imidazole rings is 1. The highest BCUT2D eigenvalue weighted by molar-refractivity contribution is 4.79. The Kier molecular flexibility index (Phi) is 4.35. The first-order chi connectivity index (χ1) is 7.46. The molecule has 0 fully saturated rings. The van der Waals surface area contributed by atoms with Gasteiger partial charge in [-0.05, 0) is 24.8 Å². The molecule has 92 valence electrons. The Bertz CT molecular complexity index is 376. The van der Waals surface area contributed by atoms with E-state index < -0.39 is 0 Å². The van der Waals surface area contributed by atoms with Crippen molar-refractivity contribution in [2.75, 3.05) is 6.54 Å². The van der Waals surface area contributed by atoms with Gasteiger partial charge in [-0.2, -0.15) is 0 Å². The summed E-state index contributed by atoms with van der Waals surface area (Å²) >= 11 is 0. The van der Waals surface area contributed by atoms with E-state index in [4.69, 9.17) is 5.73 Å². The minimum Gasteiger partial charge on any atom is -0.330 e. The molecule has 0 atom stereocenters. The molecule has 1 rings (SSSR count). The van der Waals surface area contributed by atoms with E-state index >= 15 is 0 Å². The molecule has 1 heterocycles. The van der Waals surface area contributed by atoms with Gasteiger partial charge in [0.2, 0.25) is 0 Å². The molecule has 0 spiro atoms. The van der Waals surface area contributed by atoms with Gasteiger partial charge in [-0.25, -0.2) is 4.79 Å². The average Bonchev–Trinajstić information content (AvgIpc) is 2.56. The van der Waals surface area contributed by atoms with Gasteiger partial charge in [-0.1, -0.05) is 20.3 Å². The molecule has 0 radical (unpaired) electrons. The first-order valence-corrected chi connectivity index (χ1v) is 5.88. The molecular weight excluding hydrogens is 202 g/mol. The minimum absolute atomic E-state index is 0.0677. The molecule has 0 aliphatic carbocycles. The fourth-order valence-corrected chi connectivity index (χ4v) is 1.67. The molecule has 0 aromatic carbocycles. The molecule has 0 unspecified atom stereocenters. The molecule has 0 saturated carbocycles. The summed E-state index contributed by atoms with van der Waals surface area (Å²) in [5.41, 5.74) is 5.96. The lowest BCUT2D eigenvalue weighted by Gasteiger charge is -2.21. The van der Waals surface area contributed by atoms with Crippen molar-refractivity contribution in [3.63, 3.8) is 0 Å². The molecule has 1 aromatic rings. The van der Waals surface area contributed by atoms with Crippen LogP contribution in [-0.4, -0.2) is 15.7 Å². The Labute approximate surface area is 97.1 Å². The Morgan fingerprint density at radius 1 is 1.31 bits per heavy atom. The maximum Gasteiger partial charge on any atom is 0.327 e. The summed E-state index contributed by atoms with van der Waals surface area (Å²) in [6, 6.07) is 0. The molecule has 4 heteroatoms. The van der Waals surface area contributed by atoms with Crippen LogP contribution >= 0.6 is 0 Å². The molecule has 2 N–H and O–H groups in total. The van der Waals surface area contributed by atoms with Crippen molar-refractivity contribution in [2.45, 2.75) is 39.7 Å². The topological polar surface area (TPSA) is 52.9 Å². The van der Waals surface area contributed by atoms with Crippen LogP contribution in [0.2, 0.25) is 0 Å². The highest BCUT2D eigenvalue weighted by Crippen LogP contribution is 2.21. The zero-order valence-electron chi connectivity index (χ0n) is 10.6. The van der Waals surface area contributed by atoms with Crippen molar-refractivity contribution in [3.8, 4) is 0 Å². The molecule has 0 saturated heterocycles. The van der Waals surface area contributed by atoms with Gasteiger partial charge in [0, 0.05) is 26.0 Å². The molecule has 0 aliphatic heterocycles. The molecule has 0 aliphatic rings. The predicted molar refractivity (Wildman–Crippen MR) is 66.4 cm³/mol. The summed E-state index contributed by atoms with van der Waals surface area (Å²) in [6.07, 6.45) is 6.91. The number of aryl methyl sites for hydroxylation is 2. The third-order valence-electron chi connectivity index (χ3n) is 3.07. The van der Waals surface area contributed by atoms with Crippen molar-refractivity contribution < 1.29 is 0 Å². The second kappa shape index (κ2) is 5.34. The average molecular weight is 225 g/mol. The highest BCUT2D eigenvalue weighted by atomic mass is 16.1. The Balaban J connectivity index is 2.32. The van der Waals surface area contributed by atoms with Crippen LogP contribution in [0, 0.1) is 5.41 Å². The van der Waals surface area contributed by atoms with E-state index in [0.29, 0.717) is 0 Å². The van der Waals surface area contributed by atoms with Gasteiger partial charge in [0.05, 0.1) is 0 Å². The normalized spacial score (nSPS) is 12.0. The van der Waals surface area contributed by atoms with Gasteiger partial charge in [-0.3, -0.25) is 4.57 Å². The zero-order chi connectivity index (χ0) is 12.2. The van der Waals surface area contributed by atoms with Crippen LogP contribution in [0.25, 0.3) is 0 Å². The molecular formula is C12H23N3O. The van der Waals surface area contributed by atoms with Gasteiger partial charge in [0.1, 0.15) is 0 Å². The summed E-state index contributed by atoms with van der Waals surface area (Å²) in [5.74, 6) is 0. The van der Waals surface area contributed by atoms with Crippen LogP contribution in [0.15, 0.2) is 17.2 Å². The largest absolute Gasteiger partial charge is 0.330 e. The lowest BCUT2D eigenvalue weighted by molar-refractivity contribution is 0.328. The standard InChI is InChI=1S/C12H23N3O/c1-12(2,10-13)6-4-5-7-15-9-8-14(3)11(15)16/h8-9H,4-7,10,13H2,1-3H3. The van der Waals surface area contributed by atoms with E-state index in [1.807, 2.05) is 6.20 Å². The molecule has 0 amide bonds. The monoisotopic (exact) mass is 225 g/mol. The second-order valence-electron chi connectivity index (χ2n) is 5.21. The lowest BCUT2D eigenvalue weighted by Crippen LogP contribution is -2.24.